The van der Waals surface area contributed by atoms with Gasteiger partial charge in [0.1, 0.15) is 5.75 Å². The van der Waals surface area contributed by atoms with Gasteiger partial charge in [0, 0.05) is 5.39 Å². The van der Waals surface area contributed by atoms with Gasteiger partial charge in [0.15, 0.2) is 0 Å². The molecule has 2 N–H and O–H groups in total. The third-order valence-electron chi connectivity index (χ3n) is 2.68. The monoisotopic (exact) mass is 230 g/mol. The summed E-state index contributed by atoms with van der Waals surface area (Å²) < 4.78 is 5.66. The number of hydrogen-bond acceptors (Lipinski definition) is 3. The molecule has 0 aliphatic carbocycles. The van der Waals surface area contributed by atoms with E-state index in [1.54, 1.807) is 6.20 Å². The Bertz CT molecular complexity index is 470. The van der Waals surface area contributed by atoms with E-state index in [4.69, 9.17) is 10.5 Å². The van der Waals surface area contributed by atoms with E-state index in [9.17, 15) is 0 Å². The molecule has 3 nitrogen and oxygen atoms in total. The quantitative estimate of drug-likeness (QED) is 0.776. The van der Waals surface area contributed by atoms with Crippen LogP contribution >= 0.6 is 0 Å². The average Bonchev–Trinajstić information content (AvgIpc) is 2.38. The summed E-state index contributed by atoms with van der Waals surface area (Å²) in [6, 6.07) is 10.1. The molecule has 1 heterocycles. The minimum Gasteiger partial charge on any atom is -0.492 e. The van der Waals surface area contributed by atoms with E-state index in [0.717, 1.165) is 49.1 Å². The Hall–Kier alpha value is -1.61. The normalized spacial score (nSPS) is 10.6. The molecular weight excluding hydrogens is 212 g/mol. The van der Waals surface area contributed by atoms with Gasteiger partial charge < -0.3 is 10.5 Å². The summed E-state index contributed by atoms with van der Waals surface area (Å²) in [5.74, 6) is 0.844. The fourth-order valence-electron chi connectivity index (χ4n) is 1.74. The van der Waals surface area contributed by atoms with Crippen molar-refractivity contribution < 1.29 is 4.74 Å². The summed E-state index contributed by atoms with van der Waals surface area (Å²) in [6.07, 6.45) is 5.02. The van der Waals surface area contributed by atoms with Crippen molar-refractivity contribution in [2.24, 2.45) is 5.73 Å². The van der Waals surface area contributed by atoms with Crippen LogP contribution in [0.1, 0.15) is 19.3 Å². The van der Waals surface area contributed by atoms with E-state index in [2.05, 4.69) is 4.98 Å². The SMILES string of the molecule is NCCCCCOc1cnc2ccccc2c1. The zero-order chi connectivity index (χ0) is 11.9. The first-order valence-corrected chi connectivity index (χ1v) is 6.08. The summed E-state index contributed by atoms with van der Waals surface area (Å²) in [4.78, 5) is 4.35. The minimum absolute atomic E-state index is 0.736. The number of aromatic nitrogens is 1. The lowest BCUT2D eigenvalue weighted by molar-refractivity contribution is 0.305. The summed E-state index contributed by atoms with van der Waals surface area (Å²) in [5, 5.41) is 1.12. The topological polar surface area (TPSA) is 48.1 Å². The molecule has 2 aromatic rings. The number of rotatable bonds is 6. The Kier molecular flexibility index (Phi) is 4.33. The Morgan fingerprint density at radius 3 is 2.88 bits per heavy atom. The molecule has 0 unspecified atom stereocenters. The first-order chi connectivity index (χ1) is 8.40. The lowest BCUT2D eigenvalue weighted by atomic mass is 10.2. The third-order valence-corrected chi connectivity index (χ3v) is 2.68. The number of hydrogen-bond donors (Lipinski definition) is 1. The zero-order valence-corrected chi connectivity index (χ0v) is 9.93. The molecule has 1 aromatic heterocycles. The van der Waals surface area contributed by atoms with Crippen LogP contribution in [0.4, 0.5) is 0 Å². The first kappa shape index (κ1) is 11.9. The van der Waals surface area contributed by atoms with Crippen LogP contribution in [0.15, 0.2) is 36.5 Å². The Balaban J connectivity index is 1.90. The van der Waals surface area contributed by atoms with Crippen LogP contribution in [0, 0.1) is 0 Å². The molecule has 0 saturated heterocycles. The number of unbranched alkanes of at least 4 members (excludes halogenated alkanes) is 2. The highest BCUT2D eigenvalue weighted by atomic mass is 16.5. The van der Waals surface area contributed by atoms with Gasteiger partial charge in [0.25, 0.3) is 0 Å². The molecular formula is C14H18N2O. The zero-order valence-electron chi connectivity index (χ0n) is 9.93. The second-order valence-corrected chi connectivity index (χ2v) is 4.06. The highest BCUT2D eigenvalue weighted by Gasteiger charge is 1.97. The number of nitrogens with zero attached hydrogens (tertiary/aromatic N) is 1. The van der Waals surface area contributed by atoms with Crippen molar-refractivity contribution in [3.05, 3.63) is 36.5 Å². The number of para-hydroxylation sites is 1. The smallest absolute Gasteiger partial charge is 0.138 e. The summed E-state index contributed by atoms with van der Waals surface area (Å²) in [6.45, 7) is 1.50. The van der Waals surface area contributed by atoms with E-state index in [-0.39, 0.29) is 0 Å². The molecule has 0 aliphatic rings. The van der Waals surface area contributed by atoms with Crippen molar-refractivity contribution in [1.29, 1.82) is 0 Å². The molecule has 3 heteroatoms. The Morgan fingerprint density at radius 2 is 2.00 bits per heavy atom. The lowest BCUT2D eigenvalue weighted by Crippen LogP contribution is -2.01. The molecule has 0 amide bonds. The molecule has 0 atom stereocenters. The molecule has 0 aliphatic heterocycles. The molecule has 0 bridgehead atoms. The third kappa shape index (κ3) is 3.43. The van der Waals surface area contributed by atoms with Gasteiger partial charge in [-0.3, -0.25) is 4.98 Å². The summed E-state index contributed by atoms with van der Waals surface area (Å²) >= 11 is 0. The molecule has 0 fully saturated rings. The lowest BCUT2D eigenvalue weighted by Gasteiger charge is -2.06. The van der Waals surface area contributed by atoms with Gasteiger partial charge in [0.05, 0.1) is 18.3 Å². The molecule has 0 spiro atoms. The molecule has 17 heavy (non-hydrogen) atoms. The van der Waals surface area contributed by atoms with Gasteiger partial charge in [-0.15, -0.1) is 0 Å². The molecule has 90 valence electrons. The Labute approximate surface area is 102 Å². The van der Waals surface area contributed by atoms with Crippen LogP contribution in [-0.4, -0.2) is 18.1 Å². The van der Waals surface area contributed by atoms with Crippen LogP contribution in [0.5, 0.6) is 5.75 Å². The maximum atomic E-state index is 5.66. The molecule has 0 saturated carbocycles. The fourth-order valence-corrected chi connectivity index (χ4v) is 1.74. The largest absolute Gasteiger partial charge is 0.492 e. The maximum absolute atomic E-state index is 5.66. The van der Waals surface area contributed by atoms with Crippen LogP contribution < -0.4 is 10.5 Å². The maximum Gasteiger partial charge on any atom is 0.138 e. The number of fused-ring (bicyclic) bond motifs is 1. The van der Waals surface area contributed by atoms with E-state index < -0.39 is 0 Å². The number of ether oxygens (including phenoxy) is 1. The van der Waals surface area contributed by atoms with Crippen molar-refractivity contribution in [2.75, 3.05) is 13.2 Å². The van der Waals surface area contributed by atoms with Crippen molar-refractivity contribution in [3.8, 4) is 5.75 Å². The van der Waals surface area contributed by atoms with E-state index in [1.807, 2.05) is 30.3 Å². The van der Waals surface area contributed by atoms with E-state index in [1.165, 1.54) is 0 Å². The molecule has 1 aromatic carbocycles. The number of pyridine rings is 1. The second kappa shape index (κ2) is 6.21. The van der Waals surface area contributed by atoms with E-state index in [0.29, 0.717) is 0 Å². The van der Waals surface area contributed by atoms with Crippen LogP contribution in [0.3, 0.4) is 0 Å². The number of nitrogens with two attached hydrogens (primary N) is 1. The van der Waals surface area contributed by atoms with Gasteiger partial charge in [-0.25, -0.2) is 0 Å². The molecule has 0 radical (unpaired) electrons. The standard InChI is InChI=1S/C14H18N2O/c15-8-4-1-5-9-17-13-10-12-6-2-3-7-14(12)16-11-13/h2-3,6-7,10-11H,1,4-5,8-9,15H2. The Morgan fingerprint density at radius 1 is 1.12 bits per heavy atom. The van der Waals surface area contributed by atoms with Gasteiger partial charge >= 0.3 is 0 Å². The predicted molar refractivity (Wildman–Crippen MR) is 70.1 cm³/mol. The van der Waals surface area contributed by atoms with Gasteiger partial charge in [0.2, 0.25) is 0 Å². The predicted octanol–water partition coefficient (Wildman–Crippen LogP) is 2.74. The van der Waals surface area contributed by atoms with Gasteiger partial charge in [-0.2, -0.15) is 0 Å². The van der Waals surface area contributed by atoms with Crippen LogP contribution in [0.25, 0.3) is 10.9 Å². The van der Waals surface area contributed by atoms with Crippen molar-refractivity contribution in [2.45, 2.75) is 19.3 Å². The van der Waals surface area contributed by atoms with Crippen LogP contribution in [0.2, 0.25) is 0 Å². The highest BCUT2D eigenvalue weighted by Crippen LogP contribution is 2.17. The minimum atomic E-state index is 0.736. The van der Waals surface area contributed by atoms with Crippen molar-refractivity contribution in [1.82, 2.24) is 4.98 Å². The summed E-state index contributed by atoms with van der Waals surface area (Å²) in [7, 11) is 0. The summed E-state index contributed by atoms with van der Waals surface area (Å²) in [5.41, 5.74) is 6.44. The average molecular weight is 230 g/mol. The second-order valence-electron chi connectivity index (χ2n) is 4.06. The fraction of sp³-hybridized carbons (Fsp3) is 0.357. The van der Waals surface area contributed by atoms with Gasteiger partial charge in [-0.1, -0.05) is 18.2 Å². The first-order valence-electron chi connectivity index (χ1n) is 6.08. The van der Waals surface area contributed by atoms with Crippen molar-refractivity contribution >= 4 is 10.9 Å². The molecule has 2 rings (SSSR count). The van der Waals surface area contributed by atoms with Gasteiger partial charge in [-0.05, 0) is 37.9 Å². The van der Waals surface area contributed by atoms with Crippen molar-refractivity contribution in [3.63, 3.8) is 0 Å². The highest BCUT2D eigenvalue weighted by molar-refractivity contribution is 5.79. The number of benzene rings is 1. The van der Waals surface area contributed by atoms with Crippen LogP contribution in [-0.2, 0) is 0 Å². The van der Waals surface area contributed by atoms with E-state index >= 15 is 0 Å².